The minimum absolute atomic E-state index is 0.300. The van der Waals surface area contributed by atoms with Crippen molar-refractivity contribution in [2.75, 3.05) is 0 Å². The highest BCUT2D eigenvalue weighted by Gasteiger charge is 2.30. The lowest BCUT2D eigenvalue weighted by molar-refractivity contribution is -0.124. The van der Waals surface area contributed by atoms with Gasteiger partial charge in [0.2, 0.25) is 0 Å². The van der Waals surface area contributed by atoms with Crippen molar-refractivity contribution >= 4 is 5.78 Å². The van der Waals surface area contributed by atoms with Crippen LogP contribution < -0.4 is 0 Å². The standard InChI is InChI=1S/C20H26N2O/c1-14(2)15(3)10-19(23)20(4,5)18-8-6-16(7-9-18)17-11-21-13-22-12-17/h6-9,11-15H,10H2,1-5H3/t15-/m0/s1. The highest BCUT2D eigenvalue weighted by Crippen LogP contribution is 2.30. The van der Waals surface area contributed by atoms with Crippen LogP contribution in [0, 0.1) is 11.8 Å². The summed E-state index contributed by atoms with van der Waals surface area (Å²) in [7, 11) is 0. The van der Waals surface area contributed by atoms with Gasteiger partial charge in [-0.1, -0.05) is 45.0 Å². The summed E-state index contributed by atoms with van der Waals surface area (Å²) >= 11 is 0. The van der Waals surface area contributed by atoms with Gasteiger partial charge in [0, 0.05) is 29.8 Å². The van der Waals surface area contributed by atoms with Crippen LogP contribution in [0.15, 0.2) is 43.0 Å². The van der Waals surface area contributed by atoms with Crippen molar-refractivity contribution in [3.05, 3.63) is 48.5 Å². The molecule has 122 valence electrons. The molecule has 2 aromatic rings. The molecule has 0 saturated heterocycles. The molecule has 1 aromatic carbocycles. The summed E-state index contributed by atoms with van der Waals surface area (Å²) in [5.74, 6) is 1.23. The SMILES string of the molecule is CC(C)[C@@H](C)CC(=O)C(C)(C)c1ccc(-c2cncnc2)cc1. The Morgan fingerprint density at radius 2 is 1.57 bits per heavy atom. The topological polar surface area (TPSA) is 42.9 Å². The third-order valence-electron chi connectivity index (χ3n) is 4.84. The second kappa shape index (κ2) is 7.03. The zero-order chi connectivity index (χ0) is 17.0. The first-order valence-corrected chi connectivity index (χ1v) is 8.21. The van der Waals surface area contributed by atoms with Crippen LogP contribution in [0.2, 0.25) is 0 Å². The quantitative estimate of drug-likeness (QED) is 0.778. The van der Waals surface area contributed by atoms with E-state index in [9.17, 15) is 4.79 Å². The Morgan fingerprint density at radius 1 is 1.00 bits per heavy atom. The fourth-order valence-electron chi connectivity index (χ4n) is 2.47. The summed E-state index contributed by atoms with van der Waals surface area (Å²) in [6.45, 7) is 10.5. The van der Waals surface area contributed by atoms with Gasteiger partial charge in [-0.2, -0.15) is 0 Å². The van der Waals surface area contributed by atoms with E-state index in [0.717, 1.165) is 16.7 Å². The van der Waals surface area contributed by atoms with E-state index >= 15 is 0 Å². The third kappa shape index (κ3) is 4.04. The summed E-state index contributed by atoms with van der Waals surface area (Å²) in [6, 6.07) is 8.16. The fourth-order valence-corrected chi connectivity index (χ4v) is 2.47. The summed E-state index contributed by atoms with van der Waals surface area (Å²) in [4.78, 5) is 20.8. The van der Waals surface area contributed by atoms with Gasteiger partial charge in [0.15, 0.2) is 0 Å². The summed E-state index contributed by atoms with van der Waals surface area (Å²) in [6.07, 6.45) is 5.74. The molecule has 0 unspecified atom stereocenters. The molecule has 0 radical (unpaired) electrons. The zero-order valence-corrected chi connectivity index (χ0v) is 14.7. The molecule has 3 nitrogen and oxygen atoms in total. The van der Waals surface area contributed by atoms with Gasteiger partial charge in [-0.15, -0.1) is 0 Å². The number of nitrogens with zero attached hydrogens (tertiary/aromatic N) is 2. The Kier molecular flexibility index (Phi) is 5.30. The molecule has 23 heavy (non-hydrogen) atoms. The molecule has 0 aliphatic rings. The Morgan fingerprint density at radius 3 is 2.09 bits per heavy atom. The molecule has 0 aliphatic carbocycles. The number of hydrogen-bond acceptors (Lipinski definition) is 3. The first-order chi connectivity index (χ1) is 10.8. The summed E-state index contributed by atoms with van der Waals surface area (Å²) in [5, 5.41) is 0. The molecule has 0 amide bonds. The van der Waals surface area contributed by atoms with Crippen molar-refractivity contribution in [2.45, 2.75) is 46.5 Å². The van der Waals surface area contributed by atoms with Crippen LogP contribution in [-0.2, 0) is 10.2 Å². The number of rotatable bonds is 6. The number of carbonyl (C=O) groups is 1. The molecule has 0 saturated carbocycles. The summed E-state index contributed by atoms with van der Waals surface area (Å²) < 4.78 is 0. The van der Waals surface area contributed by atoms with Gasteiger partial charge in [0.05, 0.1) is 0 Å². The van der Waals surface area contributed by atoms with Crippen molar-refractivity contribution in [2.24, 2.45) is 11.8 Å². The first kappa shape index (κ1) is 17.3. The minimum Gasteiger partial charge on any atom is -0.299 e. The van der Waals surface area contributed by atoms with Crippen LogP contribution in [0.5, 0.6) is 0 Å². The highest BCUT2D eigenvalue weighted by atomic mass is 16.1. The monoisotopic (exact) mass is 310 g/mol. The lowest BCUT2D eigenvalue weighted by atomic mass is 9.76. The second-order valence-electron chi connectivity index (χ2n) is 7.18. The van der Waals surface area contributed by atoms with Crippen LogP contribution in [-0.4, -0.2) is 15.8 Å². The lowest BCUT2D eigenvalue weighted by Crippen LogP contribution is -2.31. The van der Waals surface area contributed by atoms with Crippen LogP contribution in [0.25, 0.3) is 11.1 Å². The molecule has 1 aromatic heterocycles. The van der Waals surface area contributed by atoms with Crippen LogP contribution in [0.1, 0.15) is 46.6 Å². The highest BCUT2D eigenvalue weighted by molar-refractivity contribution is 5.89. The second-order valence-corrected chi connectivity index (χ2v) is 7.18. The van der Waals surface area contributed by atoms with E-state index in [4.69, 9.17) is 0 Å². The summed E-state index contributed by atoms with van der Waals surface area (Å²) in [5.41, 5.74) is 2.64. The van der Waals surface area contributed by atoms with Gasteiger partial charge in [-0.3, -0.25) is 4.79 Å². The largest absolute Gasteiger partial charge is 0.299 e. The maximum absolute atomic E-state index is 12.7. The lowest BCUT2D eigenvalue weighted by Gasteiger charge is -2.26. The molecule has 1 atom stereocenters. The van der Waals surface area contributed by atoms with Crippen molar-refractivity contribution < 1.29 is 4.79 Å². The molecular formula is C20H26N2O. The molecule has 0 bridgehead atoms. The normalized spacial score (nSPS) is 13.1. The number of carbonyl (C=O) groups excluding carboxylic acids is 1. The van der Waals surface area contributed by atoms with Crippen molar-refractivity contribution in [1.29, 1.82) is 0 Å². The van der Waals surface area contributed by atoms with Crippen molar-refractivity contribution in [3.8, 4) is 11.1 Å². The third-order valence-corrected chi connectivity index (χ3v) is 4.84. The number of ketones is 1. The van der Waals surface area contributed by atoms with E-state index < -0.39 is 5.41 Å². The van der Waals surface area contributed by atoms with E-state index in [1.165, 1.54) is 6.33 Å². The molecule has 0 fully saturated rings. The molecule has 2 rings (SSSR count). The predicted molar refractivity (Wildman–Crippen MR) is 94.1 cm³/mol. The molecular weight excluding hydrogens is 284 g/mol. The van der Waals surface area contributed by atoms with Crippen LogP contribution in [0.4, 0.5) is 0 Å². The van der Waals surface area contributed by atoms with Crippen molar-refractivity contribution in [3.63, 3.8) is 0 Å². The Labute approximate surface area is 139 Å². The van der Waals surface area contributed by atoms with E-state index in [0.29, 0.717) is 24.0 Å². The van der Waals surface area contributed by atoms with Crippen LogP contribution >= 0.6 is 0 Å². The average molecular weight is 310 g/mol. The fraction of sp³-hybridized carbons (Fsp3) is 0.450. The van der Waals surface area contributed by atoms with Gasteiger partial charge in [0.1, 0.15) is 12.1 Å². The Bertz CT molecular complexity index is 645. The number of Topliss-reactive ketones (excluding diaryl/α,β-unsaturated/α-hetero) is 1. The molecule has 0 spiro atoms. The van der Waals surface area contributed by atoms with E-state index in [1.54, 1.807) is 12.4 Å². The van der Waals surface area contributed by atoms with E-state index in [1.807, 2.05) is 38.1 Å². The maximum Gasteiger partial charge on any atom is 0.143 e. The Balaban J connectivity index is 2.18. The maximum atomic E-state index is 12.7. The van der Waals surface area contributed by atoms with Gasteiger partial charge in [-0.05, 0) is 36.8 Å². The van der Waals surface area contributed by atoms with Gasteiger partial charge >= 0.3 is 0 Å². The molecule has 1 heterocycles. The van der Waals surface area contributed by atoms with Crippen molar-refractivity contribution in [1.82, 2.24) is 9.97 Å². The number of aromatic nitrogens is 2. The molecule has 3 heteroatoms. The van der Waals surface area contributed by atoms with Gasteiger partial charge in [0.25, 0.3) is 0 Å². The first-order valence-electron chi connectivity index (χ1n) is 8.21. The van der Waals surface area contributed by atoms with Crippen LogP contribution in [0.3, 0.4) is 0 Å². The average Bonchev–Trinajstić information content (AvgIpc) is 2.55. The Hall–Kier alpha value is -2.03. The number of hydrogen-bond donors (Lipinski definition) is 0. The van der Waals surface area contributed by atoms with Gasteiger partial charge in [-0.25, -0.2) is 9.97 Å². The predicted octanol–water partition coefficient (Wildman–Crippen LogP) is 4.67. The number of benzene rings is 1. The minimum atomic E-state index is -0.463. The zero-order valence-electron chi connectivity index (χ0n) is 14.7. The van der Waals surface area contributed by atoms with E-state index in [2.05, 4.69) is 30.7 Å². The van der Waals surface area contributed by atoms with E-state index in [-0.39, 0.29) is 0 Å². The van der Waals surface area contributed by atoms with Gasteiger partial charge < -0.3 is 0 Å². The molecule has 0 aliphatic heterocycles. The smallest absolute Gasteiger partial charge is 0.143 e. The molecule has 0 N–H and O–H groups in total.